The highest BCUT2D eigenvalue weighted by atomic mass is 35.5. The van der Waals surface area contributed by atoms with Crippen LogP contribution < -0.4 is 9.62 Å². The summed E-state index contributed by atoms with van der Waals surface area (Å²) in [5, 5.41) is 3.59. The van der Waals surface area contributed by atoms with Gasteiger partial charge < -0.3 is 10.2 Å². The van der Waals surface area contributed by atoms with E-state index in [4.69, 9.17) is 23.2 Å². The first-order valence-electron chi connectivity index (χ1n) is 14.3. The number of rotatable bonds is 12. The van der Waals surface area contributed by atoms with Crippen LogP contribution in [0.1, 0.15) is 30.5 Å². The van der Waals surface area contributed by atoms with E-state index in [1.165, 1.54) is 4.90 Å². The maximum Gasteiger partial charge on any atom is 0.264 e. The van der Waals surface area contributed by atoms with Crippen molar-refractivity contribution >= 4 is 50.7 Å². The van der Waals surface area contributed by atoms with E-state index in [0.29, 0.717) is 10.6 Å². The van der Waals surface area contributed by atoms with Crippen LogP contribution >= 0.6 is 23.2 Å². The summed E-state index contributed by atoms with van der Waals surface area (Å²) < 4.78 is 42.7. The van der Waals surface area contributed by atoms with Gasteiger partial charge in [0.1, 0.15) is 18.4 Å². The molecule has 0 spiro atoms. The van der Waals surface area contributed by atoms with Gasteiger partial charge in [-0.3, -0.25) is 13.9 Å². The summed E-state index contributed by atoms with van der Waals surface area (Å²) in [4.78, 5) is 29.3. The van der Waals surface area contributed by atoms with Gasteiger partial charge in [0, 0.05) is 29.1 Å². The molecule has 0 radical (unpaired) electrons. The molecule has 0 fully saturated rings. The van der Waals surface area contributed by atoms with Crippen LogP contribution in [0.5, 0.6) is 0 Å². The van der Waals surface area contributed by atoms with Crippen molar-refractivity contribution in [3.8, 4) is 0 Å². The van der Waals surface area contributed by atoms with E-state index in [2.05, 4.69) is 5.32 Å². The molecule has 0 aliphatic heterocycles. The third-order valence-electron chi connectivity index (χ3n) is 7.06. The number of hydrogen-bond donors (Lipinski definition) is 1. The molecule has 11 heteroatoms. The van der Waals surface area contributed by atoms with Crippen LogP contribution in [0, 0.1) is 12.7 Å². The summed E-state index contributed by atoms with van der Waals surface area (Å²) in [5.41, 5.74) is 2.44. The van der Waals surface area contributed by atoms with E-state index < -0.39 is 40.2 Å². The second-order valence-corrected chi connectivity index (χ2v) is 13.6. The predicted molar refractivity (Wildman–Crippen MR) is 176 cm³/mol. The van der Waals surface area contributed by atoms with Gasteiger partial charge in [-0.2, -0.15) is 0 Å². The molecular weight excluding hydrogens is 636 g/mol. The molecule has 4 rings (SSSR count). The lowest BCUT2D eigenvalue weighted by Crippen LogP contribution is -2.54. The van der Waals surface area contributed by atoms with Gasteiger partial charge in [0.15, 0.2) is 0 Å². The molecule has 1 atom stereocenters. The summed E-state index contributed by atoms with van der Waals surface area (Å²) in [6.45, 7) is 4.74. The van der Waals surface area contributed by atoms with Crippen LogP contribution in [-0.4, -0.2) is 43.8 Å². The molecule has 45 heavy (non-hydrogen) atoms. The molecule has 0 unspecified atom stereocenters. The van der Waals surface area contributed by atoms with Gasteiger partial charge in [-0.25, -0.2) is 12.8 Å². The molecule has 4 aromatic carbocycles. The van der Waals surface area contributed by atoms with Gasteiger partial charge in [0.05, 0.1) is 10.6 Å². The van der Waals surface area contributed by atoms with Gasteiger partial charge in [-0.05, 0) is 80.4 Å². The minimum Gasteiger partial charge on any atom is -0.352 e. The highest BCUT2D eigenvalue weighted by Crippen LogP contribution is 2.27. The van der Waals surface area contributed by atoms with Gasteiger partial charge in [0.25, 0.3) is 10.0 Å². The van der Waals surface area contributed by atoms with Crippen molar-refractivity contribution in [2.24, 2.45) is 0 Å². The number of nitrogens with one attached hydrogen (secondary N) is 1. The molecule has 4 aromatic rings. The van der Waals surface area contributed by atoms with Gasteiger partial charge >= 0.3 is 0 Å². The van der Waals surface area contributed by atoms with Crippen molar-refractivity contribution in [3.05, 3.63) is 130 Å². The first-order chi connectivity index (χ1) is 21.3. The summed E-state index contributed by atoms with van der Waals surface area (Å²) in [5.74, 6) is -1.65. The monoisotopic (exact) mass is 669 g/mol. The largest absolute Gasteiger partial charge is 0.352 e. The summed E-state index contributed by atoms with van der Waals surface area (Å²) in [6, 6.07) is 23.8. The van der Waals surface area contributed by atoms with E-state index in [1.807, 2.05) is 51.1 Å². The fraction of sp³-hybridized carbons (Fsp3) is 0.235. The van der Waals surface area contributed by atoms with E-state index in [-0.39, 0.29) is 34.6 Å². The number of amides is 2. The number of hydrogen-bond acceptors (Lipinski definition) is 4. The number of anilines is 1. The van der Waals surface area contributed by atoms with Crippen molar-refractivity contribution in [1.82, 2.24) is 10.2 Å². The van der Waals surface area contributed by atoms with E-state index >= 15 is 0 Å². The van der Waals surface area contributed by atoms with E-state index in [0.717, 1.165) is 39.7 Å². The SMILES string of the molecule is Cc1ccc(N(CC(=O)N(Cc2ccc(Cl)cc2Cl)[C@@H](Cc2ccccc2)C(=O)NC(C)C)S(=O)(=O)c2ccc(F)cc2)cc1. The Hall–Kier alpha value is -3.92. The van der Waals surface area contributed by atoms with E-state index in [9.17, 15) is 22.4 Å². The smallest absolute Gasteiger partial charge is 0.264 e. The number of aryl methyl sites for hydroxylation is 1. The minimum atomic E-state index is -4.35. The van der Waals surface area contributed by atoms with Crippen LogP contribution in [-0.2, 0) is 32.6 Å². The van der Waals surface area contributed by atoms with Crippen LogP contribution in [0.3, 0.4) is 0 Å². The Bertz CT molecular complexity index is 1740. The van der Waals surface area contributed by atoms with Crippen molar-refractivity contribution < 1.29 is 22.4 Å². The highest BCUT2D eigenvalue weighted by Gasteiger charge is 2.35. The third-order valence-corrected chi connectivity index (χ3v) is 9.44. The second kappa shape index (κ2) is 14.9. The lowest BCUT2D eigenvalue weighted by molar-refractivity contribution is -0.140. The average molecular weight is 671 g/mol. The second-order valence-electron chi connectivity index (χ2n) is 10.9. The maximum absolute atomic E-state index is 14.4. The standard InChI is InChI=1S/C34H34Cl2FN3O4S/c1-23(2)38-34(42)32(19-25-7-5-4-6-8-25)39(21-26-11-12-27(35)20-31(26)36)33(41)22-40(29-15-9-24(3)10-16-29)45(43,44)30-17-13-28(37)14-18-30/h4-18,20,23,32H,19,21-22H2,1-3H3,(H,38,42)/t32-/m0/s1. The Morgan fingerprint density at radius 1 is 0.889 bits per heavy atom. The van der Waals surface area contributed by atoms with Crippen molar-refractivity contribution in [1.29, 1.82) is 0 Å². The molecule has 7 nitrogen and oxygen atoms in total. The summed E-state index contributed by atoms with van der Waals surface area (Å²) in [6.07, 6.45) is 0.158. The number of carbonyl (C=O) groups is 2. The van der Waals surface area contributed by atoms with Crippen molar-refractivity contribution in [3.63, 3.8) is 0 Å². The molecule has 0 saturated carbocycles. The molecule has 0 saturated heterocycles. The van der Waals surface area contributed by atoms with Crippen LogP contribution in [0.25, 0.3) is 0 Å². The van der Waals surface area contributed by atoms with Gasteiger partial charge in [-0.1, -0.05) is 77.3 Å². The Balaban J connectivity index is 1.82. The quantitative estimate of drug-likeness (QED) is 0.180. The Labute approximate surface area is 273 Å². The number of benzene rings is 4. The number of halogens is 3. The zero-order valence-electron chi connectivity index (χ0n) is 25.1. The van der Waals surface area contributed by atoms with Gasteiger partial charge in [0.2, 0.25) is 11.8 Å². The fourth-order valence-corrected chi connectivity index (χ4v) is 6.62. The van der Waals surface area contributed by atoms with Gasteiger partial charge in [-0.15, -0.1) is 0 Å². The normalized spacial score (nSPS) is 12.1. The zero-order valence-corrected chi connectivity index (χ0v) is 27.4. The Morgan fingerprint density at radius 3 is 2.13 bits per heavy atom. The third kappa shape index (κ3) is 8.84. The number of sulfonamides is 1. The molecule has 0 aliphatic carbocycles. The zero-order chi connectivity index (χ0) is 32.7. The molecule has 236 valence electrons. The summed E-state index contributed by atoms with van der Waals surface area (Å²) in [7, 11) is -4.35. The van der Waals surface area contributed by atoms with Crippen molar-refractivity contribution in [2.45, 2.75) is 50.7 Å². The van der Waals surface area contributed by atoms with E-state index in [1.54, 1.807) is 42.5 Å². The molecular formula is C34H34Cl2FN3O4S. The minimum absolute atomic E-state index is 0.101. The van der Waals surface area contributed by atoms with Crippen molar-refractivity contribution in [2.75, 3.05) is 10.8 Å². The fourth-order valence-electron chi connectivity index (χ4n) is 4.74. The highest BCUT2D eigenvalue weighted by molar-refractivity contribution is 7.92. The van der Waals surface area contributed by atoms with Crippen LogP contribution in [0.15, 0.2) is 102 Å². The molecule has 0 heterocycles. The summed E-state index contributed by atoms with van der Waals surface area (Å²) >= 11 is 12.7. The average Bonchev–Trinajstić information content (AvgIpc) is 2.99. The first-order valence-corrected chi connectivity index (χ1v) is 16.5. The van der Waals surface area contributed by atoms with Crippen LogP contribution in [0.4, 0.5) is 10.1 Å². The molecule has 1 N–H and O–H groups in total. The molecule has 0 aliphatic rings. The topological polar surface area (TPSA) is 86.8 Å². The number of carbonyl (C=O) groups excluding carboxylic acids is 2. The molecule has 0 aromatic heterocycles. The van der Waals surface area contributed by atoms with Crippen LogP contribution in [0.2, 0.25) is 10.0 Å². The molecule has 0 bridgehead atoms. The number of nitrogens with zero attached hydrogens (tertiary/aromatic N) is 2. The first kappa shape index (κ1) is 34.0. The Morgan fingerprint density at radius 2 is 1.53 bits per heavy atom. The predicted octanol–water partition coefficient (Wildman–Crippen LogP) is 6.80. The lowest BCUT2D eigenvalue weighted by Gasteiger charge is -2.34. The lowest BCUT2D eigenvalue weighted by atomic mass is 10.0. The maximum atomic E-state index is 14.4. The Kier molecular flexibility index (Phi) is 11.3. The molecule has 2 amide bonds.